The fourth-order valence-corrected chi connectivity index (χ4v) is 3.69. The fourth-order valence-electron chi connectivity index (χ4n) is 3.69. The van der Waals surface area contributed by atoms with Gasteiger partial charge in [0.25, 0.3) is 5.91 Å². The van der Waals surface area contributed by atoms with Crippen LogP contribution in [0.25, 0.3) is 6.08 Å². The highest BCUT2D eigenvalue weighted by molar-refractivity contribution is 5.90. The van der Waals surface area contributed by atoms with Crippen LogP contribution < -0.4 is 14.8 Å². The number of hydrogen-bond acceptors (Lipinski definition) is 5. The molecule has 0 aliphatic heterocycles. The molecule has 0 heterocycles. The van der Waals surface area contributed by atoms with E-state index in [0.29, 0.717) is 18.1 Å². The molecule has 0 radical (unpaired) electrons. The summed E-state index contributed by atoms with van der Waals surface area (Å²) in [5.74, 6) is 0.336. The normalized spacial score (nSPS) is 16.3. The molecule has 1 aliphatic carbocycles. The van der Waals surface area contributed by atoms with Gasteiger partial charge in [0.1, 0.15) is 0 Å². The molecule has 0 fully saturated rings. The predicted molar refractivity (Wildman–Crippen MR) is 119 cm³/mol. The van der Waals surface area contributed by atoms with Gasteiger partial charge in [-0.05, 0) is 68.0 Å². The number of nitrogens with one attached hydrogen (secondary N) is 1. The smallest absolute Gasteiger partial charge is 0.331 e. The first kappa shape index (κ1) is 22.4. The van der Waals surface area contributed by atoms with Crippen molar-refractivity contribution in [3.8, 4) is 11.5 Å². The largest absolute Gasteiger partial charge is 0.493 e. The highest BCUT2D eigenvalue weighted by atomic mass is 16.5. The maximum Gasteiger partial charge on any atom is 0.331 e. The number of esters is 1. The molecule has 2 aromatic carbocycles. The predicted octanol–water partition coefficient (Wildman–Crippen LogP) is 4.23. The van der Waals surface area contributed by atoms with Crippen LogP contribution in [0.1, 0.15) is 49.4 Å². The lowest BCUT2D eigenvalue weighted by molar-refractivity contribution is -0.150. The summed E-state index contributed by atoms with van der Waals surface area (Å²) < 4.78 is 16.1. The lowest BCUT2D eigenvalue weighted by Crippen LogP contribution is -2.39. The van der Waals surface area contributed by atoms with Crippen molar-refractivity contribution in [3.05, 3.63) is 65.2 Å². The molecule has 2 atom stereocenters. The number of methoxy groups -OCH3 is 1. The number of rotatable bonds is 8. The molecule has 0 unspecified atom stereocenters. The Balaban J connectivity index is 1.56. The molecular weight excluding hydrogens is 394 g/mol. The molecule has 0 saturated heterocycles. The molecule has 1 N–H and O–H groups in total. The van der Waals surface area contributed by atoms with Crippen LogP contribution in [0.15, 0.2) is 48.5 Å². The maximum atomic E-state index is 12.6. The topological polar surface area (TPSA) is 73.9 Å². The monoisotopic (exact) mass is 423 g/mol. The van der Waals surface area contributed by atoms with E-state index in [-0.39, 0.29) is 11.9 Å². The zero-order valence-corrected chi connectivity index (χ0v) is 18.2. The summed E-state index contributed by atoms with van der Waals surface area (Å²) in [4.78, 5) is 24.8. The summed E-state index contributed by atoms with van der Waals surface area (Å²) in [5, 5.41) is 3.02. The summed E-state index contributed by atoms with van der Waals surface area (Å²) in [6.07, 6.45) is 4.94. The molecular formula is C25H29NO5. The molecule has 0 saturated carbocycles. The Bertz CT molecular complexity index is 953. The number of benzene rings is 2. The van der Waals surface area contributed by atoms with E-state index < -0.39 is 12.1 Å². The number of fused-ring (bicyclic) bond motifs is 1. The minimum absolute atomic E-state index is 0.0505. The SMILES string of the molecule is CCOc1ccc(/C=C/C(=O)O[C@H](C)C(=O)N[C@@H]2CCCc3ccccc32)cc1OC. The summed E-state index contributed by atoms with van der Waals surface area (Å²) in [6.45, 7) is 4.01. The van der Waals surface area contributed by atoms with Crippen molar-refractivity contribution >= 4 is 18.0 Å². The van der Waals surface area contributed by atoms with Gasteiger partial charge in [0.15, 0.2) is 17.6 Å². The minimum Gasteiger partial charge on any atom is -0.493 e. The van der Waals surface area contributed by atoms with E-state index >= 15 is 0 Å². The molecule has 1 aliphatic rings. The first-order valence-electron chi connectivity index (χ1n) is 10.6. The number of aryl methyl sites for hydroxylation is 1. The van der Waals surface area contributed by atoms with Gasteiger partial charge in [-0.3, -0.25) is 4.79 Å². The number of carbonyl (C=O) groups is 2. The van der Waals surface area contributed by atoms with E-state index in [1.165, 1.54) is 11.6 Å². The van der Waals surface area contributed by atoms with Crippen LogP contribution in [-0.4, -0.2) is 31.7 Å². The maximum absolute atomic E-state index is 12.6. The lowest BCUT2D eigenvalue weighted by atomic mass is 9.87. The van der Waals surface area contributed by atoms with Crippen molar-refractivity contribution in [2.75, 3.05) is 13.7 Å². The summed E-state index contributed by atoms with van der Waals surface area (Å²) in [7, 11) is 1.56. The second-order valence-corrected chi connectivity index (χ2v) is 7.41. The highest BCUT2D eigenvalue weighted by Gasteiger charge is 2.24. The Hall–Kier alpha value is -3.28. The Labute approximate surface area is 183 Å². The van der Waals surface area contributed by atoms with Gasteiger partial charge in [0.2, 0.25) is 0 Å². The van der Waals surface area contributed by atoms with Crippen molar-refractivity contribution in [2.24, 2.45) is 0 Å². The van der Waals surface area contributed by atoms with Crippen LogP contribution in [-0.2, 0) is 20.7 Å². The number of amides is 1. The average Bonchev–Trinajstić information content (AvgIpc) is 2.78. The van der Waals surface area contributed by atoms with E-state index in [1.54, 1.807) is 32.2 Å². The molecule has 0 spiro atoms. The van der Waals surface area contributed by atoms with Crippen LogP contribution in [0, 0.1) is 0 Å². The van der Waals surface area contributed by atoms with Crippen molar-refractivity contribution in [1.29, 1.82) is 0 Å². The third-order valence-corrected chi connectivity index (χ3v) is 5.25. The number of carbonyl (C=O) groups excluding carboxylic acids is 2. The van der Waals surface area contributed by atoms with Crippen molar-refractivity contribution in [1.82, 2.24) is 5.32 Å². The van der Waals surface area contributed by atoms with Gasteiger partial charge in [-0.2, -0.15) is 0 Å². The number of ether oxygens (including phenoxy) is 3. The first-order chi connectivity index (χ1) is 15.0. The molecule has 6 nitrogen and oxygen atoms in total. The summed E-state index contributed by atoms with van der Waals surface area (Å²) >= 11 is 0. The average molecular weight is 424 g/mol. The summed E-state index contributed by atoms with van der Waals surface area (Å²) in [6, 6.07) is 13.4. The number of hydrogen-bond donors (Lipinski definition) is 1. The van der Waals surface area contributed by atoms with Gasteiger partial charge in [-0.25, -0.2) is 4.79 Å². The molecule has 164 valence electrons. The van der Waals surface area contributed by atoms with Crippen molar-refractivity contribution < 1.29 is 23.8 Å². The van der Waals surface area contributed by atoms with Gasteiger partial charge in [-0.1, -0.05) is 30.3 Å². The van der Waals surface area contributed by atoms with E-state index in [4.69, 9.17) is 14.2 Å². The van der Waals surface area contributed by atoms with Gasteiger partial charge in [0.05, 0.1) is 19.8 Å². The Morgan fingerprint density at radius 2 is 2.00 bits per heavy atom. The van der Waals surface area contributed by atoms with E-state index in [9.17, 15) is 9.59 Å². The zero-order valence-electron chi connectivity index (χ0n) is 18.2. The third-order valence-electron chi connectivity index (χ3n) is 5.25. The van der Waals surface area contributed by atoms with Crippen molar-refractivity contribution in [3.63, 3.8) is 0 Å². The van der Waals surface area contributed by atoms with Crippen LogP contribution in [0.5, 0.6) is 11.5 Å². The van der Waals surface area contributed by atoms with Gasteiger partial charge < -0.3 is 19.5 Å². The quantitative estimate of drug-likeness (QED) is 0.508. The van der Waals surface area contributed by atoms with E-state index in [0.717, 1.165) is 30.4 Å². The molecule has 0 bridgehead atoms. The highest BCUT2D eigenvalue weighted by Crippen LogP contribution is 2.30. The molecule has 2 aromatic rings. The van der Waals surface area contributed by atoms with Crippen LogP contribution in [0.3, 0.4) is 0 Å². The zero-order chi connectivity index (χ0) is 22.2. The van der Waals surface area contributed by atoms with Crippen LogP contribution >= 0.6 is 0 Å². The molecule has 31 heavy (non-hydrogen) atoms. The second-order valence-electron chi connectivity index (χ2n) is 7.41. The molecule has 1 amide bonds. The van der Waals surface area contributed by atoms with Gasteiger partial charge in [0, 0.05) is 6.08 Å². The van der Waals surface area contributed by atoms with E-state index in [2.05, 4.69) is 11.4 Å². The molecule has 0 aromatic heterocycles. The van der Waals surface area contributed by atoms with E-state index in [1.807, 2.05) is 31.2 Å². The third kappa shape index (κ3) is 5.87. The molecule has 3 rings (SSSR count). The second kappa shape index (κ2) is 10.7. The minimum atomic E-state index is -0.888. The van der Waals surface area contributed by atoms with Crippen LogP contribution in [0.2, 0.25) is 0 Å². The Morgan fingerprint density at radius 1 is 1.19 bits per heavy atom. The van der Waals surface area contributed by atoms with Crippen molar-refractivity contribution in [2.45, 2.75) is 45.3 Å². The van der Waals surface area contributed by atoms with Crippen LogP contribution in [0.4, 0.5) is 0 Å². The van der Waals surface area contributed by atoms with Gasteiger partial charge in [-0.15, -0.1) is 0 Å². The standard InChI is InChI=1S/C25H29NO5/c1-4-30-22-14-12-18(16-23(22)29-3)13-15-24(27)31-17(2)25(28)26-21-11-7-9-19-8-5-6-10-20(19)21/h5-6,8,10,12-17,21H,4,7,9,11H2,1-3H3,(H,26,28)/b15-13+/t17-,21-/m1/s1. The summed E-state index contributed by atoms with van der Waals surface area (Å²) in [5.41, 5.74) is 3.16. The van der Waals surface area contributed by atoms with Gasteiger partial charge >= 0.3 is 5.97 Å². The fraction of sp³-hybridized carbons (Fsp3) is 0.360. The Morgan fingerprint density at radius 3 is 2.77 bits per heavy atom. The Kier molecular flexibility index (Phi) is 7.70. The first-order valence-corrected chi connectivity index (χ1v) is 10.6. The molecule has 6 heteroatoms. The lowest BCUT2D eigenvalue weighted by Gasteiger charge is -2.27.